The number of carbonyl (C=O) groups is 2. The normalized spacial score (nSPS) is 25.3. The van der Waals surface area contributed by atoms with Gasteiger partial charge in [-0.25, -0.2) is 0 Å². The maximum atomic E-state index is 11.4. The minimum Gasteiger partial charge on any atom is -0.504 e. The molecule has 0 amide bonds. The van der Waals surface area contributed by atoms with Crippen molar-refractivity contribution in [1.29, 1.82) is 0 Å². The molecule has 0 saturated heterocycles. The molecule has 10 heteroatoms. The van der Waals surface area contributed by atoms with E-state index in [1.807, 2.05) is 0 Å². The van der Waals surface area contributed by atoms with Crippen molar-refractivity contribution in [3.8, 4) is 23.0 Å². The Balaban J connectivity index is 0.000000150. The van der Waals surface area contributed by atoms with Gasteiger partial charge in [0.15, 0.2) is 34.6 Å². The summed E-state index contributed by atoms with van der Waals surface area (Å²) in [4.78, 5) is 22.9. The maximum absolute atomic E-state index is 11.4. The lowest BCUT2D eigenvalue weighted by Gasteiger charge is -2.33. The smallest absolute Gasteiger partial charge is 0.182 e. The SMILES string of the molecule is C.O=C1C=CC2=C3c4cc(O)c(O)cc4CC3(O)COC2=C1.O=C1C=CC2=C3c4cc(O)c(O)cc4CC3(O)COC2=C1. The molecular weight excluding hydrogens is 556 g/mol. The summed E-state index contributed by atoms with van der Waals surface area (Å²) < 4.78 is 11.0. The number of phenolic OH excluding ortho intramolecular Hbond substituents is 4. The van der Waals surface area contributed by atoms with Crippen LogP contribution in [0.2, 0.25) is 0 Å². The lowest BCUT2D eigenvalue weighted by molar-refractivity contribution is -0.111. The summed E-state index contributed by atoms with van der Waals surface area (Å²) in [5.41, 5.74) is 2.98. The monoisotopic (exact) mass is 584 g/mol. The van der Waals surface area contributed by atoms with Gasteiger partial charge in [-0.1, -0.05) is 7.43 Å². The van der Waals surface area contributed by atoms with Crippen LogP contribution in [0, 0.1) is 0 Å². The van der Waals surface area contributed by atoms with Crippen LogP contribution in [0.25, 0.3) is 11.1 Å². The number of rotatable bonds is 0. The summed E-state index contributed by atoms with van der Waals surface area (Å²) in [6.07, 6.45) is 9.44. The number of phenols is 4. The number of carbonyl (C=O) groups excluding carboxylic acids is 2. The van der Waals surface area contributed by atoms with Crippen molar-refractivity contribution in [2.24, 2.45) is 0 Å². The highest BCUT2D eigenvalue weighted by molar-refractivity contribution is 6.05. The molecule has 0 spiro atoms. The molecule has 2 aliphatic heterocycles. The van der Waals surface area contributed by atoms with E-state index in [1.54, 1.807) is 12.2 Å². The Morgan fingerprint density at radius 1 is 0.581 bits per heavy atom. The number of hydrogen-bond acceptors (Lipinski definition) is 10. The standard InChI is InChI=1S/2C16H12O5.CH4/c2*17-9-1-2-10-14(4-9)21-7-16(20)6-8-3-12(18)13(19)5-11(8)15(10)16;/h2*1-5,18-20H,6-7H2;1H4. The van der Waals surface area contributed by atoms with E-state index in [0.717, 1.165) is 11.1 Å². The van der Waals surface area contributed by atoms with Crippen molar-refractivity contribution < 1.29 is 49.7 Å². The van der Waals surface area contributed by atoms with Crippen molar-refractivity contribution in [3.63, 3.8) is 0 Å². The van der Waals surface area contributed by atoms with Gasteiger partial charge in [0.25, 0.3) is 0 Å². The first kappa shape index (κ1) is 28.1. The highest BCUT2D eigenvalue weighted by Gasteiger charge is 2.48. The summed E-state index contributed by atoms with van der Waals surface area (Å²) in [7, 11) is 0. The van der Waals surface area contributed by atoms with Gasteiger partial charge in [0.2, 0.25) is 0 Å². The number of ether oxygens (including phenoxy) is 2. The number of allylic oxidation sites excluding steroid dienone is 6. The molecule has 10 nitrogen and oxygen atoms in total. The van der Waals surface area contributed by atoms with Crippen molar-refractivity contribution in [3.05, 3.63) is 106 Å². The molecule has 2 aromatic carbocycles. The molecule has 0 saturated carbocycles. The van der Waals surface area contributed by atoms with Gasteiger partial charge in [0, 0.05) is 47.3 Å². The zero-order valence-corrected chi connectivity index (χ0v) is 21.9. The van der Waals surface area contributed by atoms with Crippen LogP contribution in [0.1, 0.15) is 29.7 Å². The van der Waals surface area contributed by atoms with Crippen LogP contribution in [-0.2, 0) is 31.9 Å². The van der Waals surface area contributed by atoms with E-state index in [0.29, 0.717) is 57.8 Å². The van der Waals surface area contributed by atoms with Crippen LogP contribution >= 0.6 is 0 Å². The van der Waals surface area contributed by atoms with Crippen molar-refractivity contribution >= 4 is 22.7 Å². The van der Waals surface area contributed by atoms with E-state index < -0.39 is 11.2 Å². The fourth-order valence-corrected chi connectivity index (χ4v) is 6.40. The van der Waals surface area contributed by atoms with Gasteiger partial charge in [0.1, 0.15) is 35.9 Å². The number of ketones is 2. The average Bonchev–Trinajstić information content (AvgIpc) is 3.39. The lowest BCUT2D eigenvalue weighted by Crippen LogP contribution is -2.38. The molecule has 220 valence electrons. The van der Waals surface area contributed by atoms with Crippen LogP contribution in [0.5, 0.6) is 23.0 Å². The zero-order chi connectivity index (χ0) is 29.6. The molecule has 2 unspecified atom stereocenters. The van der Waals surface area contributed by atoms with Gasteiger partial charge < -0.3 is 40.1 Å². The summed E-state index contributed by atoms with van der Waals surface area (Å²) in [6.45, 7) is 0.0734. The number of benzene rings is 2. The molecule has 43 heavy (non-hydrogen) atoms. The first-order valence-corrected chi connectivity index (χ1v) is 13.1. The largest absolute Gasteiger partial charge is 0.504 e. The Bertz CT molecular complexity index is 1700. The third kappa shape index (κ3) is 4.26. The summed E-state index contributed by atoms with van der Waals surface area (Å²) in [6, 6.07) is 5.79. The van der Waals surface area contributed by atoms with E-state index in [-0.39, 0.29) is 55.2 Å². The summed E-state index contributed by atoms with van der Waals surface area (Å²) >= 11 is 0. The Hall–Kier alpha value is -5.06. The van der Waals surface area contributed by atoms with E-state index in [9.17, 15) is 40.2 Å². The molecule has 0 radical (unpaired) electrons. The van der Waals surface area contributed by atoms with Crippen LogP contribution in [-0.4, -0.2) is 66.6 Å². The molecule has 0 bridgehead atoms. The minimum absolute atomic E-state index is 0. The predicted octanol–water partition coefficient (Wildman–Crippen LogP) is 3.02. The quantitative estimate of drug-likeness (QED) is 0.253. The molecule has 2 aromatic rings. The van der Waals surface area contributed by atoms with E-state index in [4.69, 9.17) is 9.47 Å². The minimum atomic E-state index is -1.21. The van der Waals surface area contributed by atoms with Gasteiger partial charge in [-0.3, -0.25) is 9.59 Å². The topological polar surface area (TPSA) is 174 Å². The number of hydrogen-bond donors (Lipinski definition) is 6. The molecule has 4 aliphatic carbocycles. The number of aliphatic hydroxyl groups is 2. The molecule has 2 atom stereocenters. The molecule has 0 aromatic heterocycles. The Labute approximate surface area is 245 Å². The number of aromatic hydroxyl groups is 4. The van der Waals surface area contributed by atoms with Crippen LogP contribution in [0.4, 0.5) is 0 Å². The number of fused-ring (bicyclic) bond motifs is 8. The van der Waals surface area contributed by atoms with Crippen molar-refractivity contribution in [2.75, 3.05) is 13.2 Å². The molecule has 6 N–H and O–H groups in total. The Morgan fingerprint density at radius 3 is 1.35 bits per heavy atom. The van der Waals surface area contributed by atoms with Gasteiger partial charge in [-0.15, -0.1) is 0 Å². The fraction of sp³-hybridized carbons (Fsp3) is 0.212. The first-order chi connectivity index (χ1) is 20.0. The highest BCUT2D eigenvalue weighted by Crippen LogP contribution is 2.51. The zero-order valence-electron chi connectivity index (χ0n) is 21.9. The van der Waals surface area contributed by atoms with Crippen molar-refractivity contribution in [1.82, 2.24) is 0 Å². The first-order valence-electron chi connectivity index (χ1n) is 13.1. The second-order valence-electron chi connectivity index (χ2n) is 11.1. The Morgan fingerprint density at radius 2 is 0.953 bits per heavy atom. The summed E-state index contributed by atoms with van der Waals surface area (Å²) in [5.74, 6) is -0.360. The average molecular weight is 585 g/mol. The fourth-order valence-electron chi connectivity index (χ4n) is 6.40. The van der Waals surface area contributed by atoms with Gasteiger partial charge in [0.05, 0.1) is 0 Å². The van der Waals surface area contributed by atoms with Gasteiger partial charge in [-0.05, 0) is 70.8 Å². The van der Waals surface area contributed by atoms with Crippen LogP contribution in [0.15, 0.2) is 83.4 Å². The van der Waals surface area contributed by atoms with Gasteiger partial charge >= 0.3 is 0 Å². The molecule has 8 rings (SSSR count). The predicted molar refractivity (Wildman–Crippen MR) is 154 cm³/mol. The second-order valence-corrected chi connectivity index (χ2v) is 11.1. The maximum Gasteiger partial charge on any atom is 0.182 e. The highest BCUT2D eigenvalue weighted by atomic mass is 16.5. The Kier molecular flexibility index (Phi) is 6.19. The lowest BCUT2D eigenvalue weighted by atomic mass is 9.86. The van der Waals surface area contributed by atoms with Crippen LogP contribution in [0.3, 0.4) is 0 Å². The van der Waals surface area contributed by atoms with Crippen LogP contribution < -0.4 is 0 Å². The molecular formula is C33H28O10. The van der Waals surface area contributed by atoms with E-state index >= 15 is 0 Å². The van der Waals surface area contributed by atoms with Crippen molar-refractivity contribution in [2.45, 2.75) is 31.5 Å². The van der Waals surface area contributed by atoms with E-state index in [1.165, 1.54) is 48.6 Å². The summed E-state index contributed by atoms with van der Waals surface area (Å²) in [5, 5.41) is 60.3. The molecule has 0 fully saturated rings. The third-order valence-electron chi connectivity index (χ3n) is 8.21. The third-order valence-corrected chi connectivity index (χ3v) is 8.21. The molecule has 6 aliphatic rings. The second kappa shape index (κ2) is 9.48. The van der Waals surface area contributed by atoms with E-state index in [2.05, 4.69) is 0 Å². The molecule has 2 heterocycles. The van der Waals surface area contributed by atoms with Gasteiger partial charge in [-0.2, -0.15) is 0 Å².